The molecule has 3 aromatic carbocycles. The molecule has 4 heterocycles. The van der Waals surface area contributed by atoms with Gasteiger partial charge >= 0.3 is 6.03 Å². The number of halogens is 3. The minimum absolute atomic E-state index is 0.289. The lowest BCUT2D eigenvalue weighted by Gasteiger charge is -2.37. The van der Waals surface area contributed by atoms with Crippen molar-refractivity contribution in [2.24, 2.45) is 0 Å². The van der Waals surface area contributed by atoms with Crippen molar-refractivity contribution < 1.29 is 14.3 Å². The van der Waals surface area contributed by atoms with Crippen LogP contribution in [0.4, 0.5) is 16.2 Å². The minimum Gasteiger partial charge on any atom is -0.346 e. The molecule has 0 aromatic heterocycles. The molecule has 42 heavy (non-hydrogen) atoms. The Kier molecular flexibility index (Phi) is 7.64. The minimum atomic E-state index is -0.530. The fourth-order valence-electron chi connectivity index (χ4n) is 7.01. The number of nitrogens with zero attached hydrogens (tertiary/aromatic N) is 3. The maximum Gasteiger partial charge on any atom is 0.326 e. The second-order valence-electron chi connectivity index (χ2n) is 11.8. The highest BCUT2D eigenvalue weighted by Crippen LogP contribution is 2.46. The number of benzene rings is 3. The smallest absolute Gasteiger partial charge is 0.326 e. The lowest BCUT2D eigenvalue weighted by molar-refractivity contribution is -0.0440. The fraction of sp³-hybridized carbons (Fsp3) is 0.406. The molecule has 220 valence electrons. The van der Waals surface area contributed by atoms with Gasteiger partial charge in [0, 0.05) is 66.0 Å². The van der Waals surface area contributed by atoms with Gasteiger partial charge in [-0.3, -0.25) is 14.7 Å². The van der Waals surface area contributed by atoms with Gasteiger partial charge in [-0.05, 0) is 61.7 Å². The third kappa shape index (κ3) is 4.99. The number of urea groups is 1. The van der Waals surface area contributed by atoms with Gasteiger partial charge in [-0.15, -0.1) is 0 Å². The Morgan fingerprint density at radius 1 is 0.929 bits per heavy atom. The molecule has 0 radical (unpaired) electrons. The predicted molar refractivity (Wildman–Crippen MR) is 167 cm³/mol. The molecule has 7 rings (SSSR count). The molecular weight excluding hydrogens is 595 g/mol. The van der Waals surface area contributed by atoms with E-state index in [1.807, 2.05) is 24.3 Å². The van der Waals surface area contributed by atoms with Crippen LogP contribution >= 0.6 is 34.8 Å². The molecule has 0 saturated carbocycles. The second kappa shape index (κ2) is 11.3. The highest BCUT2D eigenvalue weighted by molar-refractivity contribution is 6.40. The van der Waals surface area contributed by atoms with E-state index in [-0.39, 0.29) is 6.03 Å². The van der Waals surface area contributed by atoms with Crippen molar-refractivity contribution >= 4 is 52.2 Å². The van der Waals surface area contributed by atoms with E-state index < -0.39 is 6.29 Å². The van der Waals surface area contributed by atoms with Crippen LogP contribution in [0.2, 0.25) is 15.1 Å². The van der Waals surface area contributed by atoms with Crippen molar-refractivity contribution in [2.75, 3.05) is 31.2 Å². The molecule has 4 aliphatic heterocycles. The van der Waals surface area contributed by atoms with Crippen molar-refractivity contribution in [1.29, 1.82) is 0 Å². The van der Waals surface area contributed by atoms with Crippen LogP contribution in [-0.4, -0.2) is 60.3 Å². The second-order valence-corrected chi connectivity index (χ2v) is 13.0. The van der Waals surface area contributed by atoms with Gasteiger partial charge in [-0.25, -0.2) is 4.79 Å². The SMILES string of the molecule is CC(C)N1CC2CC1CN2Cc1cc(-c2ccccc2Cl)c2c(c1)N(c1c(Cl)cc(C3OCCO3)cc1Cl)C(=O)NC2. The molecule has 7 nitrogen and oxygen atoms in total. The Morgan fingerprint density at radius 3 is 2.33 bits per heavy atom. The van der Waals surface area contributed by atoms with Crippen molar-refractivity contribution in [3.05, 3.63) is 80.3 Å². The predicted octanol–water partition coefficient (Wildman–Crippen LogP) is 7.39. The van der Waals surface area contributed by atoms with Crippen LogP contribution in [0.5, 0.6) is 0 Å². The number of hydrogen-bond donors (Lipinski definition) is 1. The van der Waals surface area contributed by atoms with E-state index in [0.717, 1.165) is 47.6 Å². The average Bonchev–Trinajstić information content (AvgIpc) is 3.72. The molecule has 3 fully saturated rings. The monoisotopic (exact) mass is 626 g/mol. The quantitative estimate of drug-likeness (QED) is 0.309. The standard InChI is InChI=1S/C32H33Cl3N4O3/c1-18(2)38-17-21-13-22(38)16-37(21)15-19-9-24(23-5-3-4-6-26(23)33)25-14-36-32(40)39(29(25)10-19)30-27(34)11-20(12-28(30)35)31-41-7-8-42-31/h3-6,9-12,18,21-22,31H,7-8,13-17H2,1-2H3,(H,36,40). The highest BCUT2D eigenvalue weighted by Gasteiger charge is 2.44. The molecule has 3 saturated heterocycles. The summed E-state index contributed by atoms with van der Waals surface area (Å²) in [5.41, 5.74) is 5.88. The Labute approximate surface area is 261 Å². The topological polar surface area (TPSA) is 57.3 Å². The number of carbonyl (C=O) groups excluding carboxylic acids is 1. The van der Waals surface area contributed by atoms with Gasteiger partial charge in [0.05, 0.1) is 34.6 Å². The van der Waals surface area contributed by atoms with Gasteiger partial charge in [0.2, 0.25) is 0 Å². The van der Waals surface area contributed by atoms with E-state index in [2.05, 4.69) is 41.1 Å². The summed E-state index contributed by atoms with van der Waals surface area (Å²) in [5, 5.41) is 4.37. The van der Waals surface area contributed by atoms with E-state index in [0.29, 0.717) is 64.2 Å². The lowest BCUT2D eigenvalue weighted by Crippen LogP contribution is -2.48. The van der Waals surface area contributed by atoms with Crippen LogP contribution in [0.3, 0.4) is 0 Å². The van der Waals surface area contributed by atoms with Crippen LogP contribution in [0.15, 0.2) is 48.5 Å². The summed E-state index contributed by atoms with van der Waals surface area (Å²) in [5.74, 6) is 0. The number of hydrogen-bond acceptors (Lipinski definition) is 5. The van der Waals surface area contributed by atoms with Gasteiger partial charge in [0.25, 0.3) is 0 Å². The number of amides is 2. The summed E-state index contributed by atoms with van der Waals surface area (Å²) in [6, 6.07) is 17.1. The van der Waals surface area contributed by atoms with Crippen molar-refractivity contribution in [3.8, 4) is 11.1 Å². The number of piperazine rings is 1. The zero-order chi connectivity index (χ0) is 29.1. The summed E-state index contributed by atoms with van der Waals surface area (Å²) in [6.45, 7) is 8.84. The maximum atomic E-state index is 13.6. The fourth-order valence-corrected chi connectivity index (χ4v) is 7.92. The summed E-state index contributed by atoms with van der Waals surface area (Å²) < 4.78 is 11.3. The molecule has 2 unspecified atom stereocenters. The first-order chi connectivity index (χ1) is 20.3. The first-order valence-corrected chi connectivity index (χ1v) is 15.6. The van der Waals surface area contributed by atoms with Crippen molar-refractivity contribution in [2.45, 2.75) is 57.8 Å². The maximum absolute atomic E-state index is 13.6. The molecule has 10 heteroatoms. The highest BCUT2D eigenvalue weighted by atomic mass is 35.5. The molecule has 4 aliphatic rings. The summed E-state index contributed by atoms with van der Waals surface area (Å²) in [7, 11) is 0. The van der Waals surface area contributed by atoms with Crippen LogP contribution in [0.1, 0.15) is 43.2 Å². The molecule has 1 N–H and O–H groups in total. The molecule has 2 atom stereocenters. The zero-order valence-electron chi connectivity index (χ0n) is 23.6. The molecule has 3 aromatic rings. The Balaban J connectivity index is 1.32. The summed E-state index contributed by atoms with van der Waals surface area (Å²) in [6.07, 6.45) is 0.665. The molecule has 0 spiro atoms. The number of carbonyl (C=O) groups is 1. The average molecular weight is 628 g/mol. The van der Waals surface area contributed by atoms with Crippen LogP contribution in [0.25, 0.3) is 11.1 Å². The number of rotatable bonds is 6. The van der Waals surface area contributed by atoms with Gasteiger partial charge < -0.3 is 14.8 Å². The summed E-state index contributed by atoms with van der Waals surface area (Å²) in [4.78, 5) is 20.4. The van der Waals surface area contributed by atoms with Crippen LogP contribution < -0.4 is 10.2 Å². The number of anilines is 2. The van der Waals surface area contributed by atoms with Gasteiger partial charge in [0.1, 0.15) is 0 Å². The largest absolute Gasteiger partial charge is 0.346 e. The normalized spacial score (nSPS) is 22.8. The number of nitrogens with one attached hydrogen (secondary N) is 1. The van der Waals surface area contributed by atoms with Crippen molar-refractivity contribution in [1.82, 2.24) is 15.1 Å². The van der Waals surface area contributed by atoms with E-state index in [9.17, 15) is 4.79 Å². The first-order valence-electron chi connectivity index (χ1n) is 14.5. The first kappa shape index (κ1) is 28.4. The van der Waals surface area contributed by atoms with Crippen LogP contribution in [0, 0.1) is 0 Å². The molecule has 2 bridgehead atoms. The lowest BCUT2D eigenvalue weighted by atomic mass is 9.93. The van der Waals surface area contributed by atoms with Gasteiger partial charge in [-0.2, -0.15) is 0 Å². The Morgan fingerprint density at radius 2 is 1.67 bits per heavy atom. The third-order valence-electron chi connectivity index (χ3n) is 8.91. The Bertz CT molecular complexity index is 1520. The number of fused-ring (bicyclic) bond motifs is 3. The van der Waals surface area contributed by atoms with Crippen molar-refractivity contribution in [3.63, 3.8) is 0 Å². The third-order valence-corrected chi connectivity index (χ3v) is 9.82. The zero-order valence-corrected chi connectivity index (χ0v) is 25.8. The number of ether oxygens (including phenoxy) is 2. The Hall–Kier alpha value is -2.36. The van der Waals surface area contributed by atoms with E-state index >= 15 is 0 Å². The summed E-state index contributed by atoms with van der Waals surface area (Å²) >= 11 is 20.5. The van der Waals surface area contributed by atoms with Gasteiger partial charge in [0.15, 0.2) is 6.29 Å². The van der Waals surface area contributed by atoms with Gasteiger partial charge in [-0.1, -0.05) is 53.0 Å². The molecule has 0 aliphatic carbocycles. The van der Waals surface area contributed by atoms with Crippen LogP contribution in [-0.2, 0) is 22.6 Å². The molecule has 2 amide bonds. The van der Waals surface area contributed by atoms with E-state index in [1.165, 1.54) is 6.42 Å². The molecular formula is C32H33Cl3N4O3. The van der Waals surface area contributed by atoms with E-state index in [1.54, 1.807) is 17.0 Å². The van der Waals surface area contributed by atoms with E-state index in [4.69, 9.17) is 44.3 Å². The number of likely N-dealkylation sites (tertiary alicyclic amines) is 2.